The van der Waals surface area contributed by atoms with Gasteiger partial charge in [0.05, 0.1) is 18.9 Å². The Balaban J connectivity index is 1.96. The quantitative estimate of drug-likeness (QED) is 0.791. The van der Waals surface area contributed by atoms with Crippen LogP contribution in [0.15, 0.2) is 36.4 Å². The van der Waals surface area contributed by atoms with Crippen LogP contribution < -0.4 is 14.8 Å². The normalized spacial score (nSPS) is 10.6. The fourth-order valence-corrected chi connectivity index (χ4v) is 3.08. The number of hydrogen-bond donors (Lipinski definition) is 1. The maximum Gasteiger partial charge on any atom is 0.265 e. The summed E-state index contributed by atoms with van der Waals surface area (Å²) >= 11 is 1.20. The molecule has 1 heterocycles. The largest absolute Gasteiger partial charge is 0.496 e. The summed E-state index contributed by atoms with van der Waals surface area (Å²) in [6, 6.07) is 9.73. The molecule has 1 aromatic heterocycles. The van der Waals surface area contributed by atoms with Crippen LogP contribution in [0.2, 0.25) is 0 Å². The molecule has 1 amide bonds. The number of carbonyl (C=O) groups excluding carboxylic acids is 1. The van der Waals surface area contributed by atoms with Crippen molar-refractivity contribution in [1.82, 2.24) is 4.98 Å². The van der Waals surface area contributed by atoms with Crippen LogP contribution in [0.25, 0.3) is 10.2 Å². The number of thiazole rings is 1. The first kappa shape index (κ1) is 15.2. The van der Waals surface area contributed by atoms with Gasteiger partial charge < -0.3 is 9.47 Å². The van der Waals surface area contributed by atoms with E-state index in [0.29, 0.717) is 21.3 Å². The Bertz CT molecular complexity index is 857. The Kier molecular flexibility index (Phi) is 4.12. The van der Waals surface area contributed by atoms with Gasteiger partial charge in [0.25, 0.3) is 5.91 Å². The van der Waals surface area contributed by atoms with Gasteiger partial charge in [-0.25, -0.2) is 9.37 Å². The molecule has 2 aromatic carbocycles. The zero-order chi connectivity index (χ0) is 16.4. The maximum atomic E-state index is 13.7. The number of anilines is 1. The SMILES string of the molecule is COc1cccc(OC)c1C(=O)Nc1nc2c(F)cccc2s1. The lowest BCUT2D eigenvalue weighted by Gasteiger charge is -2.11. The third-order valence-electron chi connectivity index (χ3n) is 3.25. The number of para-hydroxylation sites is 1. The van der Waals surface area contributed by atoms with Crippen LogP contribution in [0.4, 0.5) is 9.52 Å². The number of nitrogens with one attached hydrogen (secondary N) is 1. The second-order valence-corrected chi connectivity index (χ2v) is 5.63. The lowest BCUT2D eigenvalue weighted by atomic mass is 10.1. The first-order chi connectivity index (χ1) is 11.1. The van der Waals surface area contributed by atoms with E-state index >= 15 is 0 Å². The monoisotopic (exact) mass is 332 g/mol. The van der Waals surface area contributed by atoms with Gasteiger partial charge in [-0.3, -0.25) is 10.1 Å². The van der Waals surface area contributed by atoms with Crippen LogP contribution in [-0.4, -0.2) is 25.1 Å². The number of methoxy groups -OCH3 is 2. The Morgan fingerprint density at radius 1 is 1.13 bits per heavy atom. The van der Waals surface area contributed by atoms with E-state index in [0.717, 1.165) is 0 Å². The number of aromatic nitrogens is 1. The molecule has 0 saturated heterocycles. The third kappa shape index (κ3) is 2.83. The van der Waals surface area contributed by atoms with Gasteiger partial charge in [0, 0.05) is 0 Å². The highest BCUT2D eigenvalue weighted by molar-refractivity contribution is 7.22. The summed E-state index contributed by atoms with van der Waals surface area (Å²) in [5, 5.41) is 2.97. The molecule has 118 valence electrons. The Hall–Kier alpha value is -2.67. The Morgan fingerprint density at radius 3 is 2.39 bits per heavy atom. The van der Waals surface area contributed by atoms with Crippen molar-refractivity contribution >= 4 is 32.6 Å². The summed E-state index contributed by atoms with van der Waals surface area (Å²) in [5.41, 5.74) is 0.497. The predicted octanol–water partition coefficient (Wildman–Crippen LogP) is 3.70. The minimum Gasteiger partial charge on any atom is -0.496 e. The molecule has 3 aromatic rings. The molecule has 0 spiro atoms. The van der Waals surface area contributed by atoms with E-state index < -0.39 is 11.7 Å². The first-order valence-corrected chi connectivity index (χ1v) is 7.53. The fourth-order valence-electron chi connectivity index (χ4n) is 2.20. The van der Waals surface area contributed by atoms with Crippen LogP contribution >= 0.6 is 11.3 Å². The van der Waals surface area contributed by atoms with Gasteiger partial charge in [0.15, 0.2) is 5.13 Å². The van der Waals surface area contributed by atoms with E-state index in [9.17, 15) is 9.18 Å². The van der Waals surface area contributed by atoms with Gasteiger partial charge in [-0.2, -0.15) is 0 Å². The van der Waals surface area contributed by atoms with Gasteiger partial charge in [0.1, 0.15) is 28.4 Å². The third-order valence-corrected chi connectivity index (χ3v) is 4.18. The van der Waals surface area contributed by atoms with Crippen LogP contribution in [0, 0.1) is 5.82 Å². The number of benzene rings is 2. The number of ether oxygens (including phenoxy) is 2. The van der Waals surface area contributed by atoms with E-state index in [1.165, 1.54) is 31.6 Å². The number of nitrogens with zero attached hydrogens (tertiary/aromatic N) is 1. The molecular weight excluding hydrogens is 319 g/mol. The average molecular weight is 332 g/mol. The summed E-state index contributed by atoms with van der Waals surface area (Å²) < 4.78 is 24.8. The van der Waals surface area contributed by atoms with Gasteiger partial charge in [-0.15, -0.1) is 0 Å². The molecule has 0 fully saturated rings. The number of fused-ring (bicyclic) bond motifs is 1. The van der Waals surface area contributed by atoms with Crippen molar-refractivity contribution in [2.75, 3.05) is 19.5 Å². The molecule has 0 aliphatic rings. The summed E-state index contributed by atoms with van der Waals surface area (Å²) in [4.78, 5) is 16.7. The van der Waals surface area contributed by atoms with Gasteiger partial charge >= 0.3 is 0 Å². The van der Waals surface area contributed by atoms with Gasteiger partial charge in [0.2, 0.25) is 0 Å². The molecule has 0 atom stereocenters. The molecule has 23 heavy (non-hydrogen) atoms. The van der Waals surface area contributed by atoms with Crippen molar-refractivity contribution < 1.29 is 18.7 Å². The van der Waals surface area contributed by atoms with Crippen molar-refractivity contribution in [3.63, 3.8) is 0 Å². The number of hydrogen-bond acceptors (Lipinski definition) is 5. The lowest BCUT2D eigenvalue weighted by Crippen LogP contribution is -2.14. The number of amides is 1. The van der Waals surface area contributed by atoms with Crippen LogP contribution in [0.1, 0.15) is 10.4 Å². The van der Waals surface area contributed by atoms with E-state index in [1.54, 1.807) is 30.3 Å². The average Bonchev–Trinajstić information content (AvgIpc) is 2.97. The van der Waals surface area contributed by atoms with E-state index in [2.05, 4.69) is 10.3 Å². The standard InChI is InChI=1S/C16H13FN2O3S/c1-21-10-6-4-7-11(22-2)13(10)15(20)19-16-18-14-9(17)5-3-8-12(14)23-16/h3-8H,1-2H3,(H,18,19,20). The number of carbonyl (C=O) groups is 1. The zero-order valence-corrected chi connectivity index (χ0v) is 13.2. The van der Waals surface area contributed by atoms with Crippen molar-refractivity contribution in [3.05, 3.63) is 47.8 Å². The van der Waals surface area contributed by atoms with Crippen LogP contribution in [0.3, 0.4) is 0 Å². The van der Waals surface area contributed by atoms with Crippen molar-refractivity contribution in [2.24, 2.45) is 0 Å². The summed E-state index contributed by atoms with van der Waals surface area (Å²) in [6.07, 6.45) is 0. The van der Waals surface area contributed by atoms with Crippen molar-refractivity contribution in [3.8, 4) is 11.5 Å². The maximum absolute atomic E-state index is 13.7. The summed E-state index contributed by atoms with van der Waals surface area (Å²) in [5.74, 6) is -0.0869. The smallest absolute Gasteiger partial charge is 0.265 e. The zero-order valence-electron chi connectivity index (χ0n) is 12.4. The lowest BCUT2D eigenvalue weighted by molar-refractivity contribution is 0.102. The number of halogens is 1. The minimum atomic E-state index is -0.432. The predicted molar refractivity (Wildman–Crippen MR) is 87.1 cm³/mol. The van der Waals surface area contributed by atoms with Gasteiger partial charge in [-0.05, 0) is 24.3 Å². The minimum absolute atomic E-state index is 0.236. The molecule has 0 aliphatic heterocycles. The summed E-state index contributed by atoms with van der Waals surface area (Å²) in [7, 11) is 2.94. The molecule has 0 radical (unpaired) electrons. The van der Waals surface area contributed by atoms with E-state index in [1.807, 2.05) is 0 Å². The van der Waals surface area contributed by atoms with E-state index in [-0.39, 0.29) is 11.1 Å². The topological polar surface area (TPSA) is 60.5 Å². The van der Waals surface area contributed by atoms with E-state index in [4.69, 9.17) is 9.47 Å². The fraction of sp³-hybridized carbons (Fsp3) is 0.125. The molecule has 3 rings (SSSR count). The van der Waals surface area contributed by atoms with Crippen LogP contribution in [-0.2, 0) is 0 Å². The highest BCUT2D eigenvalue weighted by Gasteiger charge is 2.20. The van der Waals surface area contributed by atoms with Crippen molar-refractivity contribution in [2.45, 2.75) is 0 Å². The van der Waals surface area contributed by atoms with Crippen molar-refractivity contribution in [1.29, 1.82) is 0 Å². The highest BCUT2D eigenvalue weighted by atomic mass is 32.1. The molecule has 5 nitrogen and oxygen atoms in total. The molecule has 0 unspecified atom stereocenters. The molecule has 1 N–H and O–H groups in total. The molecule has 0 aliphatic carbocycles. The van der Waals surface area contributed by atoms with Crippen LogP contribution in [0.5, 0.6) is 11.5 Å². The molecule has 0 saturated carbocycles. The second-order valence-electron chi connectivity index (χ2n) is 4.60. The van der Waals surface area contributed by atoms with Gasteiger partial charge in [-0.1, -0.05) is 23.5 Å². The Morgan fingerprint density at radius 2 is 1.78 bits per heavy atom. The highest BCUT2D eigenvalue weighted by Crippen LogP contribution is 2.31. The molecule has 7 heteroatoms. The first-order valence-electron chi connectivity index (χ1n) is 6.71. The molecular formula is C16H13FN2O3S. The second kappa shape index (κ2) is 6.21. The number of rotatable bonds is 4. The molecule has 0 bridgehead atoms. The Labute approximate surface area is 135 Å². The summed E-state index contributed by atoms with van der Waals surface area (Å²) in [6.45, 7) is 0.